The Hall–Kier alpha value is -0.990. The van der Waals surface area contributed by atoms with Gasteiger partial charge < -0.3 is 0 Å². The number of aryl methyl sites for hydroxylation is 1. The van der Waals surface area contributed by atoms with Gasteiger partial charge in [-0.25, -0.2) is 4.98 Å². The fourth-order valence-corrected chi connectivity index (χ4v) is 2.36. The Kier molecular flexibility index (Phi) is 4.83. The average Bonchev–Trinajstić information content (AvgIpc) is 2.62. The quantitative estimate of drug-likeness (QED) is 0.809. The molecule has 0 radical (unpaired) electrons. The summed E-state index contributed by atoms with van der Waals surface area (Å²) in [6.45, 7) is 4.07. The predicted molar refractivity (Wildman–Crippen MR) is 68.9 cm³/mol. The lowest BCUT2D eigenvalue weighted by molar-refractivity contribution is 0.426. The van der Waals surface area contributed by atoms with Crippen LogP contribution in [0.5, 0.6) is 0 Å². The van der Waals surface area contributed by atoms with Crippen LogP contribution in [0, 0.1) is 5.92 Å². The molecule has 1 heterocycles. The maximum absolute atomic E-state index is 11.9. The smallest absolute Gasteiger partial charge is 0.252 e. The van der Waals surface area contributed by atoms with Crippen LogP contribution in [0.3, 0.4) is 0 Å². The molecule has 8 heteroatoms. The Morgan fingerprint density at radius 3 is 2.44 bits per heavy atom. The van der Waals surface area contributed by atoms with E-state index in [-0.39, 0.29) is 6.04 Å². The molecule has 7 nitrogen and oxygen atoms in total. The molecule has 1 atom stereocenters. The lowest BCUT2D eigenvalue weighted by Crippen LogP contribution is -2.39. The molecule has 0 bridgehead atoms. The molecule has 1 aromatic heterocycles. The minimum Gasteiger partial charge on any atom is -0.252 e. The maximum atomic E-state index is 11.9. The van der Waals surface area contributed by atoms with E-state index < -0.39 is 10.2 Å². The van der Waals surface area contributed by atoms with Gasteiger partial charge in [-0.05, 0) is 12.3 Å². The lowest BCUT2D eigenvalue weighted by atomic mass is 10.0. The topological polar surface area (TPSA) is 80.1 Å². The number of aromatic nitrogens is 3. The van der Waals surface area contributed by atoms with Crippen LogP contribution < -0.4 is 4.72 Å². The Morgan fingerprint density at radius 1 is 1.44 bits per heavy atom. The highest BCUT2D eigenvalue weighted by Gasteiger charge is 2.25. The molecule has 0 aliphatic rings. The van der Waals surface area contributed by atoms with E-state index in [9.17, 15) is 8.42 Å². The molecule has 0 amide bonds. The minimum absolute atomic E-state index is 0.344. The fourth-order valence-electron chi connectivity index (χ4n) is 1.58. The largest absolute Gasteiger partial charge is 0.279 e. The van der Waals surface area contributed by atoms with Crippen LogP contribution in [0.1, 0.15) is 32.1 Å². The summed E-state index contributed by atoms with van der Waals surface area (Å²) in [5.41, 5.74) is 0. The van der Waals surface area contributed by atoms with Crippen molar-refractivity contribution in [3.63, 3.8) is 0 Å². The maximum Gasteiger partial charge on any atom is 0.279 e. The highest BCUT2D eigenvalue weighted by molar-refractivity contribution is 7.87. The summed E-state index contributed by atoms with van der Waals surface area (Å²) in [6.07, 6.45) is 2.09. The summed E-state index contributed by atoms with van der Waals surface area (Å²) in [5, 5.41) is 3.98. The van der Waals surface area contributed by atoms with Crippen molar-refractivity contribution < 1.29 is 8.42 Å². The van der Waals surface area contributed by atoms with Gasteiger partial charge in [-0.1, -0.05) is 13.8 Å². The van der Waals surface area contributed by atoms with E-state index in [1.165, 1.54) is 20.4 Å². The van der Waals surface area contributed by atoms with Crippen LogP contribution >= 0.6 is 0 Å². The molecule has 1 rings (SSSR count). The Bertz CT molecular complexity index is 480. The second-order valence-corrected chi connectivity index (χ2v) is 6.75. The molecule has 1 N–H and O–H groups in total. The number of hydrogen-bond donors (Lipinski definition) is 1. The number of nitrogens with zero attached hydrogens (tertiary/aromatic N) is 4. The summed E-state index contributed by atoms with van der Waals surface area (Å²) in [6, 6.07) is -0.370. The van der Waals surface area contributed by atoms with E-state index in [4.69, 9.17) is 0 Å². The van der Waals surface area contributed by atoms with Gasteiger partial charge in [-0.15, -0.1) is 0 Å². The van der Waals surface area contributed by atoms with Crippen molar-refractivity contribution in [1.29, 1.82) is 0 Å². The second-order valence-electron chi connectivity index (χ2n) is 4.83. The van der Waals surface area contributed by atoms with Crippen molar-refractivity contribution >= 4 is 10.2 Å². The molecule has 0 aliphatic carbocycles. The van der Waals surface area contributed by atoms with Crippen LogP contribution in [0.15, 0.2) is 6.33 Å². The molecule has 0 aliphatic heterocycles. The predicted octanol–water partition coefficient (Wildman–Crippen LogP) is 0.298. The van der Waals surface area contributed by atoms with Gasteiger partial charge in [-0.2, -0.15) is 22.5 Å². The van der Waals surface area contributed by atoms with E-state index >= 15 is 0 Å². The first kappa shape index (κ1) is 15.1. The fraction of sp³-hybridized carbons (Fsp3) is 0.800. The van der Waals surface area contributed by atoms with Crippen LogP contribution in [0.4, 0.5) is 0 Å². The molecule has 0 aromatic carbocycles. The minimum atomic E-state index is -3.48. The molecule has 0 saturated heterocycles. The first-order valence-electron chi connectivity index (χ1n) is 5.77. The summed E-state index contributed by atoms with van der Waals surface area (Å²) < 4.78 is 29.2. The van der Waals surface area contributed by atoms with Crippen LogP contribution in [-0.4, -0.2) is 41.6 Å². The Morgan fingerprint density at radius 2 is 2.06 bits per heavy atom. The van der Waals surface area contributed by atoms with E-state index in [1.54, 1.807) is 11.7 Å². The van der Waals surface area contributed by atoms with Gasteiger partial charge in [0.2, 0.25) is 0 Å². The zero-order chi connectivity index (χ0) is 13.9. The van der Waals surface area contributed by atoms with E-state index in [1.807, 2.05) is 13.8 Å². The van der Waals surface area contributed by atoms with E-state index in [2.05, 4.69) is 14.8 Å². The number of nitrogens with one attached hydrogen (secondary N) is 1. The zero-order valence-corrected chi connectivity index (χ0v) is 12.3. The Balaban J connectivity index is 2.98. The van der Waals surface area contributed by atoms with Crippen molar-refractivity contribution in [3.05, 3.63) is 12.2 Å². The normalized spacial score (nSPS) is 14.4. The summed E-state index contributed by atoms with van der Waals surface area (Å²) in [7, 11) is 1.25. The van der Waals surface area contributed by atoms with Crippen LogP contribution in [-0.2, 0) is 17.3 Å². The monoisotopic (exact) mass is 275 g/mol. The van der Waals surface area contributed by atoms with Gasteiger partial charge in [-0.3, -0.25) is 4.68 Å². The lowest BCUT2D eigenvalue weighted by Gasteiger charge is -2.21. The van der Waals surface area contributed by atoms with Crippen molar-refractivity contribution in [3.8, 4) is 0 Å². The van der Waals surface area contributed by atoms with Gasteiger partial charge >= 0.3 is 0 Å². The van der Waals surface area contributed by atoms with E-state index in [0.29, 0.717) is 18.2 Å². The summed E-state index contributed by atoms with van der Waals surface area (Å²) in [4.78, 5) is 4.12. The van der Waals surface area contributed by atoms with Gasteiger partial charge in [0.25, 0.3) is 10.2 Å². The standard InChI is InChI=1S/C10H21N5O2S/c1-8(2)6-9(10-11-7-12-15(10)5)13-18(16,17)14(3)4/h7-9,13H,6H2,1-5H3. The molecule has 0 spiro atoms. The molecule has 1 unspecified atom stereocenters. The second kappa shape index (κ2) is 5.77. The third-order valence-corrected chi connectivity index (χ3v) is 4.08. The van der Waals surface area contributed by atoms with E-state index in [0.717, 1.165) is 4.31 Å². The first-order valence-corrected chi connectivity index (χ1v) is 7.21. The third-order valence-electron chi connectivity index (χ3n) is 2.54. The molecular formula is C10H21N5O2S. The highest BCUT2D eigenvalue weighted by Crippen LogP contribution is 2.20. The average molecular weight is 275 g/mol. The molecule has 1 aromatic rings. The van der Waals surface area contributed by atoms with Crippen LogP contribution in [0.2, 0.25) is 0 Å². The van der Waals surface area contributed by atoms with Crippen LogP contribution in [0.25, 0.3) is 0 Å². The number of hydrogen-bond acceptors (Lipinski definition) is 4. The first-order chi connectivity index (χ1) is 8.24. The highest BCUT2D eigenvalue weighted by atomic mass is 32.2. The molecular weight excluding hydrogens is 254 g/mol. The summed E-state index contributed by atoms with van der Waals surface area (Å²) >= 11 is 0. The summed E-state index contributed by atoms with van der Waals surface area (Å²) in [5.74, 6) is 0.964. The Labute approximate surface area is 108 Å². The molecule has 18 heavy (non-hydrogen) atoms. The molecule has 0 fully saturated rings. The van der Waals surface area contributed by atoms with Gasteiger partial charge in [0.15, 0.2) is 0 Å². The van der Waals surface area contributed by atoms with Crippen molar-refractivity contribution in [1.82, 2.24) is 23.8 Å². The third kappa shape index (κ3) is 3.76. The van der Waals surface area contributed by atoms with Crippen molar-refractivity contribution in [2.24, 2.45) is 13.0 Å². The zero-order valence-electron chi connectivity index (χ0n) is 11.5. The SMILES string of the molecule is CC(C)CC(NS(=O)(=O)N(C)C)c1ncnn1C. The molecule has 104 valence electrons. The van der Waals surface area contributed by atoms with Gasteiger partial charge in [0.05, 0.1) is 6.04 Å². The van der Waals surface area contributed by atoms with Gasteiger partial charge in [0, 0.05) is 21.1 Å². The number of rotatable bonds is 6. The molecule has 0 saturated carbocycles. The van der Waals surface area contributed by atoms with Crippen molar-refractivity contribution in [2.45, 2.75) is 26.3 Å². The van der Waals surface area contributed by atoms with Gasteiger partial charge in [0.1, 0.15) is 12.2 Å². The van der Waals surface area contributed by atoms with Crippen molar-refractivity contribution in [2.75, 3.05) is 14.1 Å².